The highest BCUT2D eigenvalue weighted by Crippen LogP contribution is 2.42. The molecule has 18 heavy (non-hydrogen) atoms. The quantitative estimate of drug-likeness (QED) is 0.832. The van der Waals surface area contributed by atoms with Crippen LogP contribution in [0.3, 0.4) is 0 Å². The van der Waals surface area contributed by atoms with Crippen LogP contribution in [0.4, 0.5) is 4.39 Å². The number of benzene rings is 1. The molecule has 0 radical (unpaired) electrons. The van der Waals surface area contributed by atoms with Gasteiger partial charge in [0, 0.05) is 11.4 Å². The van der Waals surface area contributed by atoms with Crippen LogP contribution in [0.15, 0.2) is 28.7 Å². The molecule has 0 unspecified atom stereocenters. The molecule has 0 bridgehead atoms. The van der Waals surface area contributed by atoms with Gasteiger partial charge < -0.3 is 10.2 Å². The van der Waals surface area contributed by atoms with E-state index in [9.17, 15) is 4.39 Å². The molecule has 2 aromatic rings. The highest BCUT2D eigenvalue weighted by atomic mass is 19.1. The van der Waals surface area contributed by atoms with Gasteiger partial charge in [-0.2, -0.15) is 0 Å². The molecular formula is C15H18FNO. The second-order valence-electron chi connectivity index (χ2n) is 5.45. The van der Waals surface area contributed by atoms with Gasteiger partial charge >= 0.3 is 0 Å². The highest BCUT2D eigenvalue weighted by molar-refractivity contribution is 5.78. The van der Waals surface area contributed by atoms with Crippen LogP contribution in [0, 0.1) is 6.92 Å². The average molecular weight is 247 g/mol. The molecule has 1 heterocycles. The number of alkyl halides is 1. The summed E-state index contributed by atoms with van der Waals surface area (Å²) in [4.78, 5) is 0. The third kappa shape index (κ3) is 1.93. The summed E-state index contributed by atoms with van der Waals surface area (Å²) >= 11 is 0. The number of aryl methyl sites for hydroxylation is 1. The molecule has 3 heteroatoms. The van der Waals surface area contributed by atoms with E-state index in [4.69, 9.17) is 10.2 Å². The van der Waals surface area contributed by atoms with Crippen LogP contribution in [-0.4, -0.2) is 6.04 Å². The Balaban J connectivity index is 1.98. The van der Waals surface area contributed by atoms with Gasteiger partial charge in [-0.1, -0.05) is 11.6 Å². The molecule has 2 nitrogen and oxygen atoms in total. The minimum absolute atomic E-state index is 0.139. The minimum Gasteiger partial charge on any atom is -0.458 e. The lowest BCUT2D eigenvalue weighted by molar-refractivity contribution is 0.0738. The zero-order valence-electron chi connectivity index (χ0n) is 10.6. The van der Waals surface area contributed by atoms with Crippen molar-refractivity contribution < 1.29 is 8.81 Å². The van der Waals surface area contributed by atoms with Crippen LogP contribution in [0.1, 0.15) is 37.0 Å². The number of hydrogen-bond donors (Lipinski definition) is 1. The van der Waals surface area contributed by atoms with Crippen molar-refractivity contribution in [3.8, 4) is 0 Å². The summed E-state index contributed by atoms with van der Waals surface area (Å²) in [5.74, 6) is 0.468. The summed E-state index contributed by atoms with van der Waals surface area (Å²) in [6.45, 7) is 2.02. The van der Waals surface area contributed by atoms with E-state index in [-0.39, 0.29) is 6.04 Å². The van der Waals surface area contributed by atoms with Gasteiger partial charge in [0.1, 0.15) is 11.3 Å². The van der Waals surface area contributed by atoms with Crippen LogP contribution in [0.5, 0.6) is 0 Å². The molecule has 0 saturated heterocycles. The maximum absolute atomic E-state index is 14.9. The minimum atomic E-state index is -1.33. The van der Waals surface area contributed by atoms with Crippen molar-refractivity contribution in [2.75, 3.05) is 0 Å². The zero-order valence-corrected chi connectivity index (χ0v) is 10.6. The molecule has 0 aliphatic heterocycles. The molecule has 0 atom stereocenters. The van der Waals surface area contributed by atoms with E-state index in [2.05, 4.69) is 0 Å². The van der Waals surface area contributed by atoms with Gasteiger partial charge in [0.2, 0.25) is 0 Å². The fourth-order valence-corrected chi connectivity index (χ4v) is 2.73. The lowest BCUT2D eigenvalue weighted by atomic mass is 9.82. The Labute approximate surface area is 106 Å². The number of halogens is 1. The number of furan rings is 1. The van der Waals surface area contributed by atoms with Crippen LogP contribution >= 0.6 is 0 Å². The molecule has 0 spiro atoms. The van der Waals surface area contributed by atoms with E-state index in [1.165, 1.54) is 0 Å². The third-order valence-electron chi connectivity index (χ3n) is 3.94. The molecular weight excluding hydrogens is 229 g/mol. The summed E-state index contributed by atoms with van der Waals surface area (Å²) in [6.07, 6.45) is 2.39. The summed E-state index contributed by atoms with van der Waals surface area (Å²) in [5.41, 5.74) is 6.43. The van der Waals surface area contributed by atoms with Gasteiger partial charge in [-0.05, 0) is 50.8 Å². The van der Waals surface area contributed by atoms with Gasteiger partial charge in [-0.15, -0.1) is 0 Å². The Morgan fingerprint density at radius 3 is 2.72 bits per heavy atom. The average Bonchev–Trinajstić information content (AvgIpc) is 2.77. The van der Waals surface area contributed by atoms with Gasteiger partial charge in [0.05, 0.1) is 0 Å². The Morgan fingerprint density at radius 1 is 1.28 bits per heavy atom. The molecule has 1 aliphatic rings. The van der Waals surface area contributed by atoms with Gasteiger partial charge in [0.25, 0.3) is 0 Å². The second-order valence-corrected chi connectivity index (χ2v) is 5.45. The van der Waals surface area contributed by atoms with Crippen molar-refractivity contribution in [3.05, 3.63) is 35.6 Å². The molecule has 96 valence electrons. The fraction of sp³-hybridized carbons (Fsp3) is 0.467. The van der Waals surface area contributed by atoms with Crippen molar-refractivity contribution in [2.24, 2.45) is 5.73 Å². The zero-order chi connectivity index (χ0) is 12.8. The van der Waals surface area contributed by atoms with E-state index >= 15 is 0 Å². The van der Waals surface area contributed by atoms with E-state index in [0.29, 0.717) is 18.6 Å². The molecule has 1 saturated carbocycles. The van der Waals surface area contributed by atoms with Crippen molar-refractivity contribution in [1.29, 1.82) is 0 Å². The molecule has 2 N–H and O–H groups in total. The van der Waals surface area contributed by atoms with Gasteiger partial charge in [-0.3, -0.25) is 0 Å². The normalized spacial score (nSPS) is 28.7. The predicted octanol–water partition coefficient (Wildman–Crippen LogP) is 3.81. The second kappa shape index (κ2) is 4.09. The molecule has 1 fully saturated rings. The lowest BCUT2D eigenvalue weighted by Crippen LogP contribution is -2.33. The number of nitrogens with two attached hydrogens (primary N) is 1. The van der Waals surface area contributed by atoms with E-state index in [0.717, 1.165) is 29.4 Å². The Kier molecular flexibility index (Phi) is 2.67. The largest absolute Gasteiger partial charge is 0.458 e. The van der Waals surface area contributed by atoms with Crippen molar-refractivity contribution in [1.82, 2.24) is 0 Å². The van der Waals surface area contributed by atoms with Gasteiger partial charge in [0.15, 0.2) is 5.67 Å². The highest BCUT2D eigenvalue weighted by Gasteiger charge is 2.39. The van der Waals surface area contributed by atoms with Crippen molar-refractivity contribution in [2.45, 2.75) is 44.3 Å². The number of rotatable bonds is 1. The first kappa shape index (κ1) is 11.7. The summed E-state index contributed by atoms with van der Waals surface area (Å²) in [5, 5.41) is 0.983. The van der Waals surface area contributed by atoms with E-state index in [1.807, 2.05) is 31.2 Å². The molecule has 1 aromatic heterocycles. The van der Waals surface area contributed by atoms with Gasteiger partial charge in [-0.25, -0.2) is 4.39 Å². The van der Waals surface area contributed by atoms with Crippen LogP contribution < -0.4 is 5.73 Å². The maximum atomic E-state index is 14.9. The van der Waals surface area contributed by atoms with E-state index < -0.39 is 5.67 Å². The molecule has 1 aromatic carbocycles. The third-order valence-corrected chi connectivity index (χ3v) is 3.94. The van der Waals surface area contributed by atoms with Crippen LogP contribution in [-0.2, 0) is 5.67 Å². The SMILES string of the molecule is Cc1ccc2oc(C3(F)CCC(N)CC3)cc2c1. The molecule has 0 amide bonds. The summed E-state index contributed by atoms with van der Waals surface area (Å²) in [6, 6.07) is 7.91. The Bertz CT molecular complexity index is 567. The van der Waals surface area contributed by atoms with Crippen LogP contribution in [0.2, 0.25) is 0 Å². The van der Waals surface area contributed by atoms with Crippen LogP contribution in [0.25, 0.3) is 11.0 Å². The fourth-order valence-electron chi connectivity index (χ4n) is 2.73. The Hall–Kier alpha value is -1.35. The summed E-state index contributed by atoms with van der Waals surface area (Å²) < 4.78 is 20.6. The number of hydrogen-bond acceptors (Lipinski definition) is 2. The molecule has 1 aliphatic carbocycles. The number of fused-ring (bicyclic) bond motifs is 1. The first-order valence-electron chi connectivity index (χ1n) is 6.52. The smallest absolute Gasteiger partial charge is 0.168 e. The predicted molar refractivity (Wildman–Crippen MR) is 70.2 cm³/mol. The monoisotopic (exact) mass is 247 g/mol. The Morgan fingerprint density at radius 2 is 2.00 bits per heavy atom. The van der Waals surface area contributed by atoms with E-state index in [1.54, 1.807) is 0 Å². The summed E-state index contributed by atoms with van der Waals surface area (Å²) in [7, 11) is 0. The first-order chi connectivity index (χ1) is 8.57. The lowest BCUT2D eigenvalue weighted by Gasteiger charge is -2.30. The molecule has 3 rings (SSSR count). The first-order valence-corrected chi connectivity index (χ1v) is 6.52. The van der Waals surface area contributed by atoms with Crippen molar-refractivity contribution in [3.63, 3.8) is 0 Å². The maximum Gasteiger partial charge on any atom is 0.168 e. The van der Waals surface area contributed by atoms with Crippen molar-refractivity contribution >= 4 is 11.0 Å². The topological polar surface area (TPSA) is 39.2 Å². The standard InChI is InChI=1S/C15H18FNO/c1-10-2-3-13-11(8-10)9-14(18-13)15(16)6-4-12(17)5-7-15/h2-3,8-9,12H,4-7,17H2,1H3.